The number of hydrogen-bond donors (Lipinski definition) is 1. The molecular weight excluding hydrogens is 402 g/mol. The molecule has 2 aliphatic heterocycles. The third-order valence-electron chi connectivity index (χ3n) is 6.40. The summed E-state index contributed by atoms with van der Waals surface area (Å²) in [6.45, 7) is 5.74. The van der Waals surface area contributed by atoms with Crippen molar-refractivity contribution in [3.63, 3.8) is 0 Å². The summed E-state index contributed by atoms with van der Waals surface area (Å²) in [4.78, 5) is 29.9. The third kappa shape index (κ3) is 5.96. The number of rotatable bonds is 7. The number of carbonyl (C=O) groups is 2. The van der Waals surface area contributed by atoms with Crippen molar-refractivity contribution >= 4 is 11.8 Å². The Morgan fingerprint density at radius 2 is 1.66 bits per heavy atom. The zero-order valence-corrected chi connectivity index (χ0v) is 18.7. The second kappa shape index (κ2) is 11.2. The summed E-state index contributed by atoms with van der Waals surface area (Å²) in [5, 5.41) is 3.00. The van der Waals surface area contributed by atoms with Crippen molar-refractivity contribution in [1.82, 2.24) is 15.1 Å². The fraction of sp³-hybridized carbons (Fsp3) is 0.462. The van der Waals surface area contributed by atoms with E-state index in [1.54, 1.807) is 0 Å². The molecule has 4 rings (SSSR count). The summed E-state index contributed by atoms with van der Waals surface area (Å²) in [6.07, 6.45) is 3.93. The van der Waals surface area contributed by atoms with Gasteiger partial charge in [-0.25, -0.2) is 0 Å². The van der Waals surface area contributed by atoms with E-state index in [0.29, 0.717) is 12.1 Å². The quantitative estimate of drug-likeness (QED) is 0.725. The lowest BCUT2D eigenvalue weighted by Crippen LogP contribution is -2.45. The van der Waals surface area contributed by atoms with Crippen molar-refractivity contribution in [3.8, 4) is 0 Å². The number of benzene rings is 2. The molecule has 32 heavy (non-hydrogen) atoms. The van der Waals surface area contributed by atoms with Crippen LogP contribution in [0.2, 0.25) is 0 Å². The molecule has 1 atom stereocenters. The molecule has 0 spiro atoms. The van der Waals surface area contributed by atoms with Crippen LogP contribution in [-0.4, -0.2) is 67.0 Å². The minimum Gasteiger partial charge on any atom is -0.379 e. The first kappa shape index (κ1) is 22.5. The molecule has 6 nitrogen and oxygen atoms in total. The Balaban J connectivity index is 1.31. The molecule has 0 saturated carbocycles. The summed E-state index contributed by atoms with van der Waals surface area (Å²) < 4.78 is 5.41. The summed E-state index contributed by atoms with van der Waals surface area (Å²) in [7, 11) is 0. The van der Waals surface area contributed by atoms with Gasteiger partial charge in [-0.15, -0.1) is 0 Å². The summed E-state index contributed by atoms with van der Waals surface area (Å²) >= 11 is 0. The van der Waals surface area contributed by atoms with E-state index in [1.165, 1.54) is 5.56 Å². The van der Waals surface area contributed by atoms with Gasteiger partial charge in [0.1, 0.15) is 0 Å². The van der Waals surface area contributed by atoms with E-state index in [0.717, 1.165) is 70.6 Å². The fourth-order valence-corrected chi connectivity index (χ4v) is 4.55. The standard InChI is InChI=1S/C26H33N3O3/c30-25(22-6-2-1-3-7-22)27-14-13-24-8-4-5-15-29(24)26(31)23-11-9-21(10-12-23)20-28-16-18-32-19-17-28/h1-3,6-7,9-12,24H,4-5,8,13-20H2,(H,27,30). The van der Waals surface area contributed by atoms with Gasteiger partial charge >= 0.3 is 0 Å². The van der Waals surface area contributed by atoms with Gasteiger partial charge in [0, 0.05) is 49.9 Å². The van der Waals surface area contributed by atoms with Gasteiger partial charge in [0.2, 0.25) is 0 Å². The van der Waals surface area contributed by atoms with Crippen LogP contribution in [0.25, 0.3) is 0 Å². The van der Waals surface area contributed by atoms with Gasteiger partial charge in [-0.05, 0) is 55.5 Å². The summed E-state index contributed by atoms with van der Waals surface area (Å²) in [5.41, 5.74) is 2.64. The molecule has 0 bridgehead atoms. The molecule has 170 valence electrons. The lowest BCUT2D eigenvalue weighted by molar-refractivity contribution is 0.0342. The van der Waals surface area contributed by atoms with Gasteiger partial charge in [0.15, 0.2) is 0 Å². The second-order valence-electron chi connectivity index (χ2n) is 8.64. The predicted octanol–water partition coefficient (Wildman–Crippen LogP) is 3.33. The summed E-state index contributed by atoms with van der Waals surface area (Å²) in [5.74, 6) is 0.0390. The molecule has 2 saturated heterocycles. The van der Waals surface area contributed by atoms with E-state index < -0.39 is 0 Å². The lowest BCUT2D eigenvalue weighted by atomic mass is 9.97. The monoisotopic (exact) mass is 435 g/mol. The van der Waals surface area contributed by atoms with E-state index in [-0.39, 0.29) is 17.9 Å². The number of carbonyl (C=O) groups excluding carboxylic acids is 2. The van der Waals surface area contributed by atoms with Crippen molar-refractivity contribution < 1.29 is 14.3 Å². The maximum Gasteiger partial charge on any atom is 0.254 e. The van der Waals surface area contributed by atoms with Crippen molar-refractivity contribution in [1.29, 1.82) is 0 Å². The normalized spacial score (nSPS) is 19.5. The average molecular weight is 436 g/mol. The van der Waals surface area contributed by atoms with E-state index in [4.69, 9.17) is 4.74 Å². The highest BCUT2D eigenvalue weighted by Crippen LogP contribution is 2.22. The Labute approximate surface area is 190 Å². The number of nitrogens with zero attached hydrogens (tertiary/aromatic N) is 2. The number of morpholine rings is 1. The van der Waals surface area contributed by atoms with Crippen molar-refractivity contribution in [2.75, 3.05) is 39.4 Å². The molecule has 1 N–H and O–H groups in total. The molecule has 2 fully saturated rings. The van der Waals surface area contributed by atoms with Crippen molar-refractivity contribution in [2.45, 2.75) is 38.3 Å². The van der Waals surface area contributed by atoms with E-state index >= 15 is 0 Å². The summed E-state index contributed by atoms with van der Waals surface area (Å²) in [6, 6.07) is 17.5. The van der Waals surface area contributed by atoms with Gasteiger partial charge in [0.05, 0.1) is 13.2 Å². The molecule has 2 aliphatic rings. The topological polar surface area (TPSA) is 61.9 Å². The van der Waals surface area contributed by atoms with Crippen LogP contribution in [0.1, 0.15) is 52.0 Å². The van der Waals surface area contributed by atoms with Crippen LogP contribution in [0.15, 0.2) is 54.6 Å². The highest BCUT2D eigenvalue weighted by molar-refractivity contribution is 5.95. The fourth-order valence-electron chi connectivity index (χ4n) is 4.55. The minimum absolute atomic E-state index is 0.0601. The van der Waals surface area contributed by atoms with Crippen LogP contribution in [-0.2, 0) is 11.3 Å². The number of hydrogen-bond acceptors (Lipinski definition) is 4. The zero-order valence-electron chi connectivity index (χ0n) is 18.7. The van der Waals surface area contributed by atoms with Gasteiger partial charge in [-0.2, -0.15) is 0 Å². The first-order valence-electron chi connectivity index (χ1n) is 11.7. The largest absolute Gasteiger partial charge is 0.379 e. The van der Waals surface area contributed by atoms with Gasteiger partial charge in [0.25, 0.3) is 11.8 Å². The molecule has 0 aliphatic carbocycles. The predicted molar refractivity (Wildman–Crippen MR) is 125 cm³/mol. The van der Waals surface area contributed by atoms with Gasteiger partial charge in [-0.3, -0.25) is 14.5 Å². The zero-order chi connectivity index (χ0) is 22.2. The maximum atomic E-state index is 13.2. The van der Waals surface area contributed by atoms with Crippen LogP contribution >= 0.6 is 0 Å². The third-order valence-corrected chi connectivity index (χ3v) is 6.40. The molecule has 1 unspecified atom stereocenters. The van der Waals surface area contributed by atoms with Gasteiger partial charge < -0.3 is 15.0 Å². The van der Waals surface area contributed by atoms with Crippen LogP contribution in [0.4, 0.5) is 0 Å². The number of likely N-dealkylation sites (tertiary alicyclic amines) is 1. The molecular formula is C26H33N3O3. The number of amides is 2. The Kier molecular flexibility index (Phi) is 7.91. The van der Waals surface area contributed by atoms with E-state index in [2.05, 4.69) is 22.3 Å². The van der Waals surface area contributed by atoms with E-state index in [1.807, 2.05) is 47.4 Å². The van der Waals surface area contributed by atoms with E-state index in [9.17, 15) is 9.59 Å². The Morgan fingerprint density at radius 1 is 0.906 bits per heavy atom. The highest BCUT2D eigenvalue weighted by atomic mass is 16.5. The first-order chi connectivity index (χ1) is 15.7. The SMILES string of the molecule is O=C(NCCC1CCCCN1C(=O)c1ccc(CN2CCOCC2)cc1)c1ccccc1. The second-order valence-corrected chi connectivity index (χ2v) is 8.64. The Hall–Kier alpha value is -2.70. The number of piperidine rings is 1. The average Bonchev–Trinajstić information content (AvgIpc) is 2.85. The molecule has 2 amide bonds. The van der Waals surface area contributed by atoms with Crippen LogP contribution in [0.3, 0.4) is 0 Å². The van der Waals surface area contributed by atoms with Gasteiger partial charge in [-0.1, -0.05) is 30.3 Å². The first-order valence-corrected chi connectivity index (χ1v) is 11.7. The lowest BCUT2D eigenvalue weighted by Gasteiger charge is -2.36. The van der Waals surface area contributed by atoms with Crippen LogP contribution < -0.4 is 5.32 Å². The highest BCUT2D eigenvalue weighted by Gasteiger charge is 2.27. The number of ether oxygens (including phenoxy) is 1. The molecule has 2 aromatic carbocycles. The van der Waals surface area contributed by atoms with Crippen LogP contribution in [0.5, 0.6) is 0 Å². The number of nitrogens with one attached hydrogen (secondary N) is 1. The van der Waals surface area contributed by atoms with Crippen molar-refractivity contribution in [2.24, 2.45) is 0 Å². The smallest absolute Gasteiger partial charge is 0.254 e. The van der Waals surface area contributed by atoms with Crippen molar-refractivity contribution in [3.05, 3.63) is 71.3 Å². The molecule has 2 aromatic rings. The van der Waals surface area contributed by atoms with Crippen LogP contribution in [0, 0.1) is 0 Å². The minimum atomic E-state index is -0.0601. The molecule has 6 heteroatoms. The Bertz CT molecular complexity index is 879. The molecule has 0 radical (unpaired) electrons. The maximum absolute atomic E-state index is 13.2. The molecule has 0 aromatic heterocycles. The molecule has 2 heterocycles. The Morgan fingerprint density at radius 3 is 2.41 bits per heavy atom.